The Labute approximate surface area is 121 Å². The summed E-state index contributed by atoms with van der Waals surface area (Å²) >= 11 is 0. The average molecular weight is 276 g/mol. The topological polar surface area (TPSA) is 54.3 Å². The number of hydrogen-bond acceptors (Lipinski definition) is 4. The van der Waals surface area contributed by atoms with Crippen molar-refractivity contribution in [3.8, 4) is 11.8 Å². The van der Waals surface area contributed by atoms with Crippen LogP contribution in [0.2, 0.25) is 0 Å². The molecule has 110 valence electrons. The lowest BCUT2D eigenvalue weighted by Crippen LogP contribution is -2.16. The summed E-state index contributed by atoms with van der Waals surface area (Å²) in [5.41, 5.74) is 1.69. The summed E-state index contributed by atoms with van der Waals surface area (Å²) in [6.07, 6.45) is 3.33. The Bertz CT molecular complexity index is 427. The molecular formula is C16H24N2O2. The molecular weight excluding hydrogens is 252 g/mol. The Morgan fingerprint density at radius 2 is 2.05 bits per heavy atom. The van der Waals surface area contributed by atoms with Crippen molar-refractivity contribution < 1.29 is 9.47 Å². The number of rotatable bonds is 10. The van der Waals surface area contributed by atoms with Gasteiger partial charge in [-0.3, -0.25) is 0 Å². The first kappa shape index (κ1) is 16.5. The van der Waals surface area contributed by atoms with Crippen LogP contribution in [0.25, 0.3) is 0 Å². The maximum absolute atomic E-state index is 8.92. The van der Waals surface area contributed by atoms with Crippen molar-refractivity contribution in [2.45, 2.75) is 32.7 Å². The van der Waals surface area contributed by atoms with Crippen LogP contribution in [0.15, 0.2) is 18.2 Å². The molecule has 0 aliphatic carbocycles. The van der Waals surface area contributed by atoms with Gasteiger partial charge in [-0.15, -0.1) is 0 Å². The Kier molecular flexibility index (Phi) is 8.44. The van der Waals surface area contributed by atoms with Gasteiger partial charge in [0.2, 0.25) is 0 Å². The number of benzene rings is 1. The maximum atomic E-state index is 8.92. The number of methoxy groups -OCH3 is 1. The zero-order valence-corrected chi connectivity index (χ0v) is 12.4. The summed E-state index contributed by atoms with van der Waals surface area (Å²) < 4.78 is 10.7. The normalized spacial score (nSPS) is 10.2. The predicted octanol–water partition coefficient (Wildman–Crippen LogP) is 2.86. The smallest absolute Gasteiger partial charge is 0.136 e. The van der Waals surface area contributed by atoms with E-state index in [4.69, 9.17) is 14.7 Å². The lowest BCUT2D eigenvalue weighted by molar-refractivity contribution is 0.129. The third-order valence-electron chi connectivity index (χ3n) is 3.00. The summed E-state index contributed by atoms with van der Waals surface area (Å²) in [5.74, 6) is 0.634. The fraction of sp³-hybridized carbons (Fsp3) is 0.562. The Morgan fingerprint density at radius 3 is 2.75 bits per heavy atom. The molecule has 20 heavy (non-hydrogen) atoms. The molecule has 0 heterocycles. The molecule has 0 unspecified atom stereocenters. The zero-order valence-electron chi connectivity index (χ0n) is 12.4. The van der Waals surface area contributed by atoms with E-state index in [1.807, 2.05) is 12.1 Å². The van der Waals surface area contributed by atoms with Crippen LogP contribution in [-0.2, 0) is 11.3 Å². The molecule has 4 heteroatoms. The van der Waals surface area contributed by atoms with E-state index >= 15 is 0 Å². The first-order valence-corrected chi connectivity index (χ1v) is 7.17. The van der Waals surface area contributed by atoms with Gasteiger partial charge in [0, 0.05) is 19.8 Å². The first-order valence-electron chi connectivity index (χ1n) is 7.17. The van der Waals surface area contributed by atoms with Crippen LogP contribution >= 0.6 is 0 Å². The fourth-order valence-corrected chi connectivity index (χ4v) is 1.82. The Hall–Kier alpha value is -1.57. The van der Waals surface area contributed by atoms with Gasteiger partial charge >= 0.3 is 0 Å². The van der Waals surface area contributed by atoms with E-state index in [1.54, 1.807) is 13.2 Å². The number of hydrogen-bond donors (Lipinski definition) is 1. The predicted molar refractivity (Wildman–Crippen MR) is 79.8 cm³/mol. The minimum atomic E-state index is 0.570. The summed E-state index contributed by atoms with van der Waals surface area (Å²) in [6.45, 7) is 5.54. The second-order valence-corrected chi connectivity index (χ2v) is 4.64. The second kappa shape index (κ2) is 10.2. The van der Waals surface area contributed by atoms with Gasteiger partial charge in [0.25, 0.3) is 0 Å². The third-order valence-corrected chi connectivity index (χ3v) is 3.00. The molecule has 0 spiro atoms. The van der Waals surface area contributed by atoms with E-state index in [0.717, 1.165) is 44.7 Å². The van der Waals surface area contributed by atoms with Crippen molar-refractivity contribution >= 4 is 0 Å². The van der Waals surface area contributed by atoms with E-state index in [9.17, 15) is 0 Å². The van der Waals surface area contributed by atoms with E-state index in [2.05, 4.69) is 18.3 Å². The molecule has 1 N–H and O–H groups in total. The van der Waals surface area contributed by atoms with Crippen LogP contribution in [0.4, 0.5) is 0 Å². The van der Waals surface area contributed by atoms with Gasteiger partial charge in [0.1, 0.15) is 11.8 Å². The van der Waals surface area contributed by atoms with Crippen LogP contribution in [0, 0.1) is 11.3 Å². The minimum absolute atomic E-state index is 0.570. The quantitative estimate of drug-likeness (QED) is 0.668. The van der Waals surface area contributed by atoms with Crippen molar-refractivity contribution in [1.82, 2.24) is 5.32 Å². The zero-order chi connectivity index (χ0) is 14.6. The molecule has 1 aromatic rings. The molecule has 0 aliphatic rings. The summed E-state index contributed by atoms with van der Waals surface area (Å²) in [6, 6.07) is 7.76. The molecule has 0 bridgehead atoms. The highest BCUT2D eigenvalue weighted by molar-refractivity contribution is 5.45. The van der Waals surface area contributed by atoms with E-state index in [-0.39, 0.29) is 0 Å². The number of nitrogens with zero attached hydrogens (tertiary/aromatic N) is 1. The maximum Gasteiger partial charge on any atom is 0.136 e. The molecule has 0 amide bonds. The number of unbranched alkanes of at least 4 members (excludes halogenated alkanes) is 1. The Balaban J connectivity index is 2.21. The second-order valence-electron chi connectivity index (χ2n) is 4.64. The number of nitrogens with one attached hydrogen (secondary N) is 1. The highest BCUT2D eigenvalue weighted by Crippen LogP contribution is 2.18. The molecule has 0 saturated heterocycles. The van der Waals surface area contributed by atoms with Crippen molar-refractivity contribution in [3.63, 3.8) is 0 Å². The molecule has 0 saturated carbocycles. The van der Waals surface area contributed by atoms with Crippen LogP contribution in [0.1, 0.15) is 37.3 Å². The first-order chi connectivity index (χ1) is 9.81. The van der Waals surface area contributed by atoms with Gasteiger partial charge in [0.15, 0.2) is 0 Å². The lowest BCUT2D eigenvalue weighted by Gasteiger charge is -2.08. The molecule has 1 aromatic carbocycles. The molecule has 0 radical (unpaired) electrons. The molecule has 0 fully saturated rings. The highest BCUT2D eigenvalue weighted by Gasteiger charge is 2.03. The van der Waals surface area contributed by atoms with Gasteiger partial charge in [0.05, 0.1) is 12.7 Å². The highest BCUT2D eigenvalue weighted by atomic mass is 16.5. The number of nitriles is 1. The average Bonchev–Trinajstić information content (AvgIpc) is 2.49. The number of ether oxygens (including phenoxy) is 2. The minimum Gasteiger partial charge on any atom is -0.495 e. The van der Waals surface area contributed by atoms with Crippen LogP contribution in [-0.4, -0.2) is 26.9 Å². The van der Waals surface area contributed by atoms with Crippen molar-refractivity contribution in [2.75, 3.05) is 26.9 Å². The van der Waals surface area contributed by atoms with Crippen LogP contribution in [0.5, 0.6) is 5.75 Å². The van der Waals surface area contributed by atoms with Crippen LogP contribution < -0.4 is 10.1 Å². The van der Waals surface area contributed by atoms with Gasteiger partial charge in [-0.2, -0.15) is 5.26 Å². The lowest BCUT2D eigenvalue weighted by atomic mass is 10.1. The molecule has 0 aliphatic heterocycles. The summed E-state index contributed by atoms with van der Waals surface area (Å²) in [5, 5.41) is 12.3. The van der Waals surface area contributed by atoms with Crippen molar-refractivity contribution in [2.24, 2.45) is 0 Å². The molecule has 0 atom stereocenters. The van der Waals surface area contributed by atoms with Gasteiger partial charge in [-0.25, -0.2) is 0 Å². The van der Waals surface area contributed by atoms with Crippen molar-refractivity contribution in [3.05, 3.63) is 29.3 Å². The monoisotopic (exact) mass is 276 g/mol. The SMILES string of the molecule is CCCCOCCCNCc1ccc(C#N)c(OC)c1. The van der Waals surface area contributed by atoms with E-state index in [1.165, 1.54) is 6.42 Å². The van der Waals surface area contributed by atoms with E-state index < -0.39 is 0 Å². The summed E-state index contributed by atoms with van der Waals surface area (Å²) in [7, 11) is 1.58. The standard InChI is InChI=1S/C16H24N2O2/c1-3-4-9-20-10-5-8-18-13-14-6-7-15(12-17)16(11-14)19-2/h6-7,11,18H,3-5,8-10,13H2,1-2H3. The molecule has 4 nitrogen and oxygen atoms in total. The Morgan fingerprint density at radius 1 is 1.25 bits per heavy atom. The molecule has 0 aromatic heterocycles. The molecule has 1 rings (SSSR count). The van der Waals surface area contributed by atoms with Gasteiger partial charge in [-0.1, -0.05) is 19.4 Å². The van der Waals surface area contributed by atoms with Gasteiger partial charge < -0.3 is 14.8 Å². The van der Waals surface area contributed by atoms with Crippen molar-refractivity contribution in [1.29, 1.82) is 5.26 Å². The van der Waals surface area contributed by atoms with Gasteiger partial charge in [-0.05, 0) is 37.1 Å². The fourth-order valence-electron chi connectivity index (χ4n) is 1.82. The van der Waals surface area contributed by atoms with E-state index in [0.29, 0.717) is 11.3 Å². The largest absolute Gasteiger partial charge is 0.495 e. The summed E-state index contributed by atoms with van der Waals surface area (Å²) in [4.78, 5) is 0. The third kappa shape index (κ3) is 6.05. The van der Waals surface area contributed by atoms with Crippen LogP contribution in [0.3, 0.4) is 0 Å².